The molecule has 0 bridgehead atoms. The number of ether oxygens (including phenoxy) is 1. The molecule has 0 radical (unpaired) electrons. The molecule has 0 aliphatic rings. The average molecular weight is 386 g/mol. The summed E-state index contributed by atoms with van der Waals surface area (Å²) >= 11 is 9.86. The first kappa shape index (κ1) is 16.3. The van der Waals surface area contributed by atoms with E-state index in [2.05, 4.69) is 15.9 Å². The zero-order valence-electron chi connectivity index (χ0n) is 11.2. The maximum atomic E-state index is 13.6. The minimum absolute atomic E-state index is 0.263. The molecule has 21 heavy (non-hydrogen) atoms. The fourth-order valence-corrected chi connectivity index (χ4v) is 3.14. The van der Waals surface area contributed by atoms with Gasteiger partial charge in [-0.15, -0.1) is 11.8 Å². The van der Waals surface area contributed by atoms with Gasteiger partial charge in [0, 0.05) is 11.0 Å². The molecule has 0 atom stereocenters. The molecule has 0 saturated carbocycles. The highest BCUT2D eigenvalue weighted by molar-refractivity contribution is 9.10. The number of rotatable bonds is 5. The van der Waals surface area contributed by atoms with Crippen LogP contribution in [0.4, 0.5) is 4.39 Å². The van der Waals surface area contributed by atoms with E-state index in [9.17, 15) is 4.39 Å². The van der Waals surface area contributed by atoms with Crippen LogP contribution in [0.5, 0.6) is 11.5 Å². The minimum Gasteiger partial charge on any atom is -0.456 e. The fourth-order valence-electron chi connectivity index (χ4n) is 1.78. The monoisotopic (exact) mass is 385 g/mol. The highest BCUT2D eigenvalue weighted by Gasteiger charge is 2.13. The van der Waals surface area contributed by atoms with E-state index in [0.717, 1.165) is 10.6 Å². The molecule has 0 amide bonds. The van der Waals surface area contributed by atoms with Crippen molar-refractivity contribution in [3.8, 4) is 11.5 Å². The second-order valence-electron chi connectivity index (χ2n) is 4.10. The molecule has 2 N–H and O–H groups in total. The molecule has 2 nitrogen and oxygen atoms in total. The van der Waals surface area contributed by atoms with Gasteiger partial charge in [-0.3, -0.25) is 0 Å². The van der Waals surface area contributed by atoms with Gasteiger partial charge in [-0.05, 0) is 45.9 Å². The van der Waals surface area contributed by atoms with Gasteiger partial charge in [-0.25, -0.2) is 4.39 Å². The lowest BCUT2D eigenvalue weighted by atomic mass is 10.2. The third kappa shape index (κ3) is 3.96. The van der Waals surface area contributed by atoms with Gasteiger partial charge in [-0.2, -0.15) is 0 Å². The van der Waals surface area contributed by atoms with Crippen LogP contribution in [0.2, 0.25) is 0 Å². The molecule has 0 aliphatic heterocycles. The number of thioether (sulfide) groups is 1. The Balaban J connectivity index is 2.41. The van der Waals surface area contributed by atoms with Gasteiger partial charge in [0.05, 0.1) is 10.0 Å². The molecule has 0 heterocycles. The summed E-state index contributed by atoms with van der Waals surface area (Å²) in [5.74, 6) is 1.43. The first-order valence-electron chi connectivity index (χ1n) is 6.21. The zero-order valence-corrected chi connectivity index (χ0v) is 14.4. The normalized spacial score (nSPS) is 10.4. The predicted octanol–water partition coefficient (Wildman–Crippen LogP) is 5.13. The van der Waals surface area contributed by atoms with Crippen LogP contribution < -0.4 is 10.5 Å². The molecule has 0 unspecified atom stereocenters. The van der Waals surface area contributed by atoms with Crippen LogP contribution in [0.25, 0.3) is 0 Å². The van der Waals surface area contributed by atoms with E-state index >= 15 is 0 Å². The van der Waals surface area contributed by atoms with E-state index in [1.807, 2.05) is 19.1 Å². The Morgan fingerprint density at radius 2 is 2.14 bits per heavy atom. The van der Waals surface area contributed by atoms with E-state index in [0.29, 0.717) is 21.5 Å². The molecule has 110 valence electrons. The van der Waals surface area contributed by atoms with Crippen LogP contribution in [0.15, 0.2) is 45.8 Å². The van der Waals surface area contributed by atoms with Crippen molar-refractivity contribution in [3.63, 3.8) is 0 Å². The first-order chi connectivity index (χ1) is 10.0. The summed E-state index contributed by atoms with van der Waals surface area (Å²) in [7, 11) is 0. The molecule has 6 heteroatoms. The molecule has 0 spiro atoms. The van der Waals surface area contributed by atoms with Crippen LogP contribution in [0, 0.1) is 5.82 Å². The van der Waals surface area contributed by atoms with Crippen molar-refractivity contribution in [1.29, 1.82) is 0 Å². The summed E-state index contributed by atoms with van der Waals surface area (Å²) in [6.07, 6.45) is 0. The van der Waals surface area contributed by atoms with Crippen LogP contribution in [0.3, 0.4) is 0 Å². The van der Waals surface area contributed by atoms with Crippen molar-refractivity contribution >= 4 is 44.9 Å². The highest BCUT2D eigenvalue weighted by Crippen LogP contribution is 2.33. The van der Waals surface area contributed by atoms with Gasteiger partial charge in [0.15, 0.2) is 0 Å². The topological polar surface area (TPSA) is 35.2 Å². The van der Waals surface area contributed by atoms with Gasteiger partial charge in [-0.1, -0.05) is 25.2 Å². The Morgan fingerprint density at radius 1 is 1.38 bits per heavy atom. The Hall–Kier alpha value is -1.11. The standard InChI is InChI=1S/C15H13BrFNOS2/c1-2-21-13-5-3-4-12(14(13)15(18)20)19-9-6-7-10(16)11(17)8-9/h3-8H,2H2,1H3,(H2,18,20). The average Bonchev–Trinajstić information content (AvgIpc) is 2.43. The molecule has 2 aromatic rings. The largest absolute Gasteiger partial charge is 0.456 e. The van der Waals surface area contributed by atoms with E-state index in [4.69, 9.17) is 22.7 Å². The number of nitrogens with two attached hydrogens (primary N) is 1. The van der Waals surface area contributed by atoms with Gasteiger partial charge >= 0.3 is 0 Å². The smallest absolute Gasteiger partial charge is 0.141 e. The fraction of sp³-hybridized carbons (Fsp3) is 0.133. The Bertz CT molecular complexity index is 679. The maximum absolute atomic E-state index is 13.6. The molecule has 2 rings (SSSR count). The summed E-state index contributed by atoms with van der Waals surface area (Å²) in [5.41, 5.74) is 6.49. The summed E-state index contributed by atoms with van der Waals surface area (Å²) < 4.78 is 19.7. The molecule has 0 aliphatic carbocycles. The van der Waals surface area contributed by atoms with Crippen LogP contribution in [0.1, 0.15) is 12.5 Å². The van der Waals surface area contributed by atoms with Crippen LogP contribution >= 0.6 is 39.9 Å². The number of thiocarbonyl (C=S) groups is 1. The predicted molar refractivity (Wildman–Crippen MR) is 92.9 cm³/mol. The Kier molecular flexibility index (Phi) is 5.61. The van der Waals surface area contributed by atoms with Crippen LogP contribution in [-0.2, 0) is 0 Å². The number of benzene rings is 2. The van der Waals surface area contributed by atoms with E-state index in [-0.39, 0.29) is 10.8 Å². The molecule has 0 fully saturated rings. The van der Waals surface area contributed by atoms with Crippen molar-refractivity contribution in [3.05, 3.63) is 52.3 Å². The van der Waals surface area contributed by atoms with Crippen molar-refractivity contribution in [2.45, 2.75) is 11.8 Å². The second-order valence-corrected chi connectivity index (χ2v) is 6.70. The molecule has 0 aromatic heterocycles. The minimum atomic E-state index is -0.386. The van der Waals surface area contributed by atoms with Crippen LogP contribution in [-0.4, -0.2) is 10.7 Å². The molecular formula is C15H13BrFNOS2. The van der Waals surface area contributed by atoms with Gasteiger partial charge < -0.3 is 10.5 Å². The summed E-state index contributed by atoms with van der Waals surface area (Å²) in [4.78, 5) is 1.22. The molecule has 2 aromatic carbocycles. The van der Waals surface area contributed by atoms with E-state index in [1.54, 1.807) is 30.0 Å². The van der Waals surface area contributed by atoms with Crippen molar-refractivity contribution in [2.24, 2.45) is 5.73 Å². The van der Waals surface area contributed by atoms with Gasteiger partial charge in [0.2, 0.25) is 0 Å². The molecular weight excluding hydrogens is 373 g/mol. The SMILES string of the molecule is CCSc1cccc(Oc2ccc(Br)c(F)c2)c1C(N)=S. The van der Waals surface area contributed by atoms with Crippen molar-refractivity contribution in [1.82, 2.24) is 0 Å². The molecule has 0 saturated heterocycles. The summed E-state index contributed by atoms with van der Waals surface area (Å²) in [5, 5.41) is 0. The zero-order chi connectivity index (χ0) is 15.4. The van der Waals surface area contributed by atoms with E-state index in [1.165, 1.54) is 6.07 Å². The number of hydrogen-bond donors (Lipinski definition) is 1. The lowest BCUT2D eigenvalue weighted by Crippen LogP contribution is -2.12. The lowest BCUT2D eigenvalue weighted by molar-refractivity contribution is 0.474. The Labute approximate surface area is 141 Å². The first-order valence-corrected chi connectivity index (χ1v) is 8.40. The third-order valence-electron chi connectivity index (χ3n) is 2.65. The summed E-state index contributed by atoms with van der Waals surface area (Å²) in [6.45, 7) is 2.05. The third-order valence-corrected chi connectivity index (χ3v) is 4.44. The summed E-state index contributed by atoms with van der Waals surface area (Å²) in [6, 6.07) is 10.2. The highest BCUT2D eigenvalue weighted by atomic mass is 79.9. The maximum Gasteiger partial charge on any atom is 0.141 e. The second kappa shape index (κ2) is 7.24. The van der Waals surface area contributed by atoms with Crippen molar-refractivity contribution < 1.29 is 9.13 Å². The van der Waals surface area contributed by atoms with Gasteiger partial charge in [0.25, 0.3) is 0 Å². The lowest BCUT2D eigenvalue weighted by Gasteiger charge is -2.14. The quantitative estimate of drug-likeness (QED) is 0.571. The van der Waals surface area contributed by atoms with E-state index < -0.39 is 0 Å². The number of hydrogen-bond acceptors (Lipinski definition) is 3. The Morgan fingerprint density at radius 3 is 2.76 bits per heavy atom. The van der Waals surface area contributed by atoms with Crippen molar-refractivity contribution in [2.75, 3.05) is 5.75 Å². The van der Waals surface area contributed by atoms with Gasteiger partial charge in [0.1, 0.15) is 22.3 Å². The number of halogens is 2.